The quantitative estimate of drug-likeness (QED) is 0.742. The molecule has 0 amide bonds. The third kappa shape index (κ3) is 1.85. The van der Waals surface area contributed by atoms with Gasteiger partial charge in [-0.25, -0.2) is 0 Å². The normalized spacial score (nSPS) is 55.7. The van der Waals surface area contributed by atoms with Crippen LogP contribution in [0.3, 0.4) is 0 Å². The van der Waals surface area contributed by atoms with Gasteiger partial charge in [0.15, 0.2) is 5.78 Å². The first-order valence-corrected chi connectivity index (χ1v) is 9.13. The summed E-state index contributed by atoms with van der Waals surface area (Å²) in [7, 11) is 0. The van der Waals surface area contributed by atoms with Crippen molar-refractivity contribution >= 4 is 17.5 Å². The summed E-state index contributed by atoms with van der Waals surface area (Å²) in [5, 5.41) is 0.350. The van der Waals surface area contributed by atoms with Gasteiger partial charge in [-0.05, 0) is 73.9 Å². The summed E-state index contributed by atoms with van der Waals surface area (Å²) >= 11 is 1.95. The second kappa shape index (κ2) is 3.81. The van der Waals surface area contributed by atoms with E-state index in [0.717, 1.165) is 12.3 Å². The van der Waals surface area contributed by atoms with Crippen LogP contribution in [-0.2, 0) is 4.79 Å². The Morgan fingerprint density at radius 3 is 2.26 bits per heavy atom. The van der Waals surface area contributed by atoms with Gasteiger partial charge in [0.05, 0.1) is 5.25 Å². The van der Waals surface area contributed by atoms with Crippen molar-refractivity contribution in [2.75, 3.05) is 5.75 Å². The number of rotatable bonds is 2. The lowest BCUT2D eigenvalue weighted by Crippen LogP contribution is -2.58. The van der Waals surface area contributed by atoms with Gasteiger partial charge in [0.2, 0.25) is 0 Å². The molecule has 1 nitrogen and oxygen atoms in total. The minimum atomic E-state index is 0.0882. The van der Waals surface area contributed by atoms with E-state index >= 15 is 0 Å². The van der Waals surface area contributed by atoms with Crippen molar-refractivity contribution in [2.24, 2.45) is 22.2 Å². The third-order valence-corrected chi connectivity index (χ3v) is 7.75. The van der Waals surface area contributed by atoms with Crippen LogP contribution in [0.1, 0.15) is 65.2 Å². The monoisotopic (exact) mass is 278 g/mol. The van der Waals surface area contributed by atoms with E-state index < -0.39 is 0 Å². The van der Waals surface area contributed by atoms with Crippen LogP contribution in [0.15, 0.2) is 0 Å². The minimum absolute atomic E-state index is 0.0882. The molecule has 5 rings (SSSR count). The molecule has 0 aromatic carbocycles. The van der Waals surface area contributed by atoms with Gasteiger partial charge in [-0.1, -0.05) is 13.8 Å². The van der Waals surface area contributed by atoms with E-state index in [-0.39, 0.29) is 5.41 Å². The van der Waals surface area contributed by atoms with Gasteiger partial charge in [-0.15, -0.1) is 0 Å². The van der Waals surface area contributed by atoms with E-state index in [4.69, 9.17) is 0 Å². The van der Waals surface area contributed by atoms with Crippen LogP contribution in [-0.4, -0.2) is 16.8 Å². The van der Waals surface area contributed by atoms with Gasteiger partial charge in [0, 0.05) is 5.41 Å². The van der Waals surface area contributed by atoms with E-state index in [9.17, 15) is 4.79 Å². The highest BCUT2D eigenvalue weighted by atomic mass is 32.2. The van der Waals surface area contributed by atoms with Gasteiger partial charge < -0.3 is 0 Å². The lowest BCUT2D eigenvalue weighted by Gasteiger charge is -2.65. The molecule has 2 heteroatoms. The maximum absolute atomic E-state index is 13.2. The number of carbonyl (C=O) groups excluding carboxylic acids is 1. The lowest BCUT2D eigenvalue weighted by atomic mass is 9.39. The highest BCUT2D eigenvalue weighted by molar-refractivity contribution is 8.00. The van der Waals surface area contributed by atoms with E-state index in [2.05, 4.69) is 13.8 Å². The summed E-state index contributed by atoms with van der Waals surface area (Å²) < 4.78 is 0. The van der Waals surface area contributed by atoms with Gasteiger partial charge in [-0.2, -0.15) is 11.8 Å². The van der Waals surface area contributed by atoms with Crippen molar-refractivity contribution in [2.45, 2.75) is 70.5 Å². The molecule has 0 aromatic rings. The molecule has 3 atom stereocenters. The van der Waals surface area contributed by atoms with Crippen LogP contribution in [0.4, 0.5) is 0 Å². The molecule has 4 saturated carbocycles. The molecular formula is C17H26OS. The molecule has 4 bridgehead atoms. The molecular weight excluding hydrogens is 252 g/mol. The fourth-order valence-electron chi connectivity index (χ4n) is 6.85. The Kier molecular flexibility index (Phi) is 2.55. The van der Waals surface area contributed by atoms with Gasteiger partial charge in [0.1, 0.15) is 0 Å². The Bertz CT molecular complexity index is 405. The van der Waals surface area contributed by atoms with Crippen molar-refractivity contribution in [1.29, 1.82) is 0 Å². The number of hydrogen-bond donors (Lipinski definition) is 0. The topological polar surface area (TPSA) is 17.1 Å². The average Bonchev–Trinajstić information content (AvgIpc) is 2.75. The largest absolute Gasteiger partial charge is 0.298 e. The zero-order valence-corrected chi connectivity index (χ0v) is 13.2. The van der Waals surface area contributed by atoms with Crippen LogP contribution in [0.25, 0.3) is 0 Å². The van der Waals surface area contributed by atoms with E-state index in [1.54, 1.807) is 0 Å². The molecule has 0 radical (unpaired) electrons. The Morgan fingerprint density at radius 1 is 1.05 bits per heavy atom. The molecule has 1 aliphatic heterocycles. The molecule has 5 aliphatic rings. The second-order valence-electron chi connectivity index (χ2n) is 8.78. The highest BCUT2D eigenvalue weighted by Gasteiger charge is 2.63. The smallest absolute Gasteiger partial charge is 0.151 e. The summed E-state index contributed by atoms with van der Waals surface area (Å²) in [5.41, 5.74) is 1.05. The van der Waals surface area contributed by atoms with Gasteiger partial charge >= 0.3 is 0 Å². The minimum Gasteiger partial charge on any atom is -0.298 e. The summed E-state index contributed by atoms with van der Waals surface area (Å²) in [6.45, 7) is 4.94. The Morgan fingerprint density at radius 2 is 1.74 bits per heavy atom. The number of thioether (sulfide) groups is 1. The standard InChI is InChI=1S/C17H26OS/c1-15-6-12-7-16(2,9-15)11-17(8-12,10-15)14(18)13-4-3-5-19-13/h12-13H,3-11H2,1-2H3. The maximum Gasteiger partial charge on any atom is 0.151 e. The summed E-state index contributed by atoms with van der Waals surface area (Å²) in [6, 6.07) is 0. The maximum atomic E-state index is 13.2. The lowest BCUT2D eigenvalue weighted by molar-refractivity contribution is -0.167. The number of Topliss-reactive ketones (excluding diaryl/α,β-unsaturated/α-hetero) is 1. The van der Waals surface area contributed by atoms with Crippen molar-refractivity contribution < 1.29 is 4.79 Å². The second-order valence-corrected chi connectivity index (χ2v) is 10.1. The van der Waals surface area contributed by atoms with Crippen LogP contribution in [0, 0.1) is 22.2 Å². The fraction of sp³-hybridized carbons (Fsp3) is 0.941. The van der Waals surface area contributed by atoms with Crippen molar-refractivity contribution in [3.8, 4) is 0 Å². The fourth-order valence-corrected chi connectivity index (χ4v) is 8.20. The van der Waals surface area contributed by atoms with Crippen LogP contribution in [0.2, 0.25) is 0 Å². The van der Waals surface area contributed by atoms with Gasteiger partial charge in [0.25, 0.3) is 0 Å². The van der Waals surface area contributed by atoms with Crippen LogP contribution < -0.4 is 0 Å². The predicted molar refractivity (Wildman–Crippen MR) is 80.3 cm³/mol. The zero-order valence-electron chi connectivity index (χ0n) is 12.3. The highest BCUT2D eigenvalue weighted by Crippen LogP contribution is 2.70. The SMILES string of the molecule is CC12CC3CC(C)(C1)CC(C(=O)C1CCCS1)(C3)C2. The summed E-state index contributed by atoms with van der Waals surface area (Å²) in [4.78, 5) is 13.2. The number of ketones is 1. The van der Waals surface area contributed by atoms with E-state index in [1.807, 2.05) is 11.8 Å². The Labute approximate surface area is 121 Å². The van der Waals surface area contributed by atoms with E-state index in [0.29, 0.717) is 21.9 Å². The molecule has 0 aromatic heterocycles. The zero-order chi connectivity index (χ0) is 13.3. The molecule has 1 heterocycles. The van der Waals surface area contributed by atoms with Crippen molar-refractivity contribution in [3.05, 3.63) is 0 Å². The van der Waals surface area contributed by atoms with Crippen molar-refractivity contribution in [3.63, 3.8) is 0 Å². The van der Waals surface area contributed by atoms with E-state index in [1.165, 1.54) is 50.7 Å². The molecule has 19 heavy (non-hydrogen) atoms. The number of hydrogen-bond acceptors (Lipinski definition) is 2. The molecule has 1 saturated heterocycles. The summed E-state index contributed by atoms with van der Waals surface area (Å²) in [6.07, 6.45) is 10.2. The first-order chi connectivity index (χ1) is 8.92. The summed E-state index contributed by atoms with van der Waals surface area (Å²) in [5.74, 6) is 2.72. The first-order valence-electron chi connectivity index (χ1n) is 8.08. The van der Waals surface area contributed by atoms with Crippen LogP contribution >= 0.6 is 11.8 Å². The van der Waals surface area contributed by atoms with Gasteiger partial charge in [-0.3, -0.25) is 4.79 Å². The molecule has 0 spiro atoms. The molecule has 4 aliphatic carbocycles. The van der Waals surface area contributed by atoms with Crippen LogP contribution in [0.5, 0.6) is 0 Å². The molecule has 106 valence electrons. The predicted octanol–water partition coefficient (Wildman–Crippen LogP) is 4.45. The Balaban J connectivity index is 1.68. The number of carbonyl (C=O) groups is 1. The molecule has 3 unspecified atom stereocenters. The third-order valence-electron chi connectivity index (χ3n) is 6.37. The Hall–Kier alpha value is 0.0200. The first kappa shape index (κ1) is 12.7. The van der Waals surface area contributed by atoms with Crippen molar-refractivity contribution in [1.82, 2.24) is 0 Å². The molecule has 0 N–H and O–H groups in total. The average molecular weight is 278 g/mol. The molecule has 5 fully saturated rings.